The molecule has 0 aliphatic heterocycles. The minimum Gasteiger partial charge on any atom is -0.548 e. The van der Waals surface area contributed by atoms with E-state index in [0.717, 1.165) is 0 Å². The number of aliphatic carboxylic acids is 1. The normalized spacial score (nSPS) is 23.8. The fourth-order valence-electron chi connectivity index (χ4n) is 2.86. The molecule has 2 atom stereocenters. The summed E-state index contributed by atoms with van der Waals surface area (Å²) in [6.45, 7) is 0.868. The van der Waals surface area contributed by atoms with Crippen molar-refractivity contribution in [2.75, 3.05) is 6.61 Å². The van der Waals surface area contributed by atoms with Crippen LogP contribution in [0.3, 0.4) is 0 Å². The zero-order chi connectivity index (χ0) is 14.7. The first kappa shape index (κ1) is 16.4. The number of carbonyl (C=O) groups excluding carboxylic acids is 2. The van der Waals surface area contributed by atoms with Gasteiger partial charge in [-0.25, -0.2) is 4.79 Å². The molecule has 0 N–H and O–H groups in total. The van der Waals surface area contributed by atoms with Crippen molar-refractivity contribution in [3.63, 3.8) is 0 Å². The predicted octanol–water partition coefficient (Wildman–Crippen LogP) is -2.98. The third kappa shape index (κ3) is 2.39. The number of aromatic nitrogens is 2. The average Bonchev–Trinajstić information content (AvgIpc) is 3.00. The minimum atomic E-state index is -3.16. The molecule has 0 bridgehead atoms. The third-order valence-electron chi connectivity index (χ3n) is 3.68. The van der Waals surface area contributed by atoms with Crippen LogP contribution < -0.4 is 34.7 Å². The third-order valence-corrected chi connectivity index (χ3v) is 3.68. The molecule has 0 amide bonds. The summed E-state index contributed by atoms with van der Waals surface area (Å²) < 4.78 is 33.7. The second kappa shape index (κ2) is 5.33. The molecule has 0 spiro atoms. The summed E-state index contributed by atoms with van der Waals surface area (Å²) in [6.07, 6.45) is 0.281. The second-order valence-corrected chi connectivity index (χ2v) is 4.93. The van der Waals surface area contributed by atoms with E-state index in [4.69, 9.17) is 4.74 Å². The maximum absolute atomic E-state index is 14.1. The van der Waals surface area contributed by atoms with E-state index in [0.29, 0.717) is 4.68 Å². The second-order valence-electron chi connectivity index (χ2n) is 4.93. The van der Waals surface area contributed by atoms with Crippen molar-refractivity contribution in [3.05, 3.63) is 17.0 Å². The Morgan fingerprint density at radius 1 is 1.52 bits per heavy atom. The molecule has 1 fully saturated rings. The molecule has 0 radical (unpaired) electrons. The number of carboxylic acids is 1. The predicted molar refractivity (Wildman–Crippen MR) is 57.9 cm³/mol. The number of alkyl halides is 2. The number of esters is 1. The first-order valence-electron chi connectivity index (χ1n) is 6.23. The number of carbonyl (C=O) groups is 2. The Hall–Kier alpha value is -0.990. The van der Waals surface area contributed by atoms with E-state index in [-0.39, 0.29) is 53.8 Å². The Morgan fingerprint density at radius 2 is 2.19 bits per heavy atom. The van der Waals surface area contributed by atoms with Gasteiger partial charge in [0, 0.05) is 11.5 Å². The summed E-state index contributed by atoms with van der Waals surface area (Å²) >= 11 is 0. The van der Waals surface area contributed by atoms with E-state index in [1.54, 1.807) is 6.92 Å². The summed E-state index contributed by atoms with van der Waals surface area (Å²) in [5.74, 6) is -6.80. The van der Waals surface area contributed by atoms with Gasteiger partial charge in [0.05, 0.1) is 19.1 Å². The van der Waals surface area contributed by atoms with E-state index < -0.39 is 41.9 Å². The molecule has 1 aromatic heterocycles. The van der Waals surface area contributed by atoms with Crippen LogP contribution in [0, 0.1) is 5.92 Å². The first-order valence-corrected chi connectivity index (χ1v) is 6.23. The maximum atomic E-state index is 14.1. The Bertz CT molecular complexity index is 617. The van der Waals surface area contributed by atoms with Crippen LogP contribution in [-0.2, 0) is 22.0 Å². The molecule has 0 aromatic carbocycles. The summed E-state index contributed by atoms with van der Waals surface area (Å²) in [7, 11) is 0. The quantitative estimate of drug-likeness (QED) is 0.438. The zero-order valence-corrected chi connectivity index (χ0v) is 13.6. The van der Waals surface area contributed by atoms with Gasteiger partial charge in [0.2, 0.25) is 0 Å². The van der Waals surface area contributed by atoms with Crippen LogP contribution >= 0.6 is 0 Å². The van der Waals surface area contributed by atoms with Gasteiger partial charge in [-0.2, -0.15) is 13.9 Å². The van der Waals surface area contributed by atoms with Crippen LogP contribution in [0.25, 0.3) is 0 Å². The van der Waals surface area contributed by atoms with E-state index >= 15 is 0 Å². The zero-order valence-electron chi connectivity index (χ0n) is 11.6. The number of fused-ring (bicyclic) bond motifs is 3. The van der Waals surface area contributed by atoms with Gasteiger partial charge in [-0.1, -0.05) is 0 Å². The molecule has 1 saturated carbocycles. The standard InChI is InChI=1S/C12H12F2N2O4.Na/c1-2-20-11(19)9-8-5-3-6(5)12(13,14)10(8)16(15-9)4-7(17)18;/h5-6H,2-4H2,1H3,(H,17,18);/q;+1/p-1/t5-,6+;/m0./s1. The van der Waals surface area contributed by atoms with Crippen LogP contribution in [-0.4, -0.2) is 28.3 Å². The van der Waals surface area contributed by atoms with Crippen molar-refractivity contribution in [1.29, 1.82) is 0 Å². The van der Waals surface area contributed by atoms with Crippen LogP contribution in [0.1, 0.15) is 41.0 Å². The average molecular weight is 308 g/mol. The maximum Gasteiger partial charge on any atom is 1.00 e. The monoisotopic (exact) mass is 308 g/mol. The van der Waals surface area contributed by atoms with Crippen molar-refractivity contribution >= 4 is 11.9 Å². The van der Waals surface area contributed by atoms with Crippen molar-refractivity contribution in [1.82, 2.24) is 9.78 Å². The van der Waals surface area contributed by atoms with Crippen LogP contribution in [0.5, 0.6) is 0 Å². The van der Waals surface area contributed by atoms with Gasteiger partial charge in [-0.05, 0) is 19.3 Å². The molecule has 0 saturated heterocycles. The number of rotatable bonds is 4. The Labute approximate surface area is 140 Å². The van der Waals surface area contributed by atoms with Crippen LogP contribution in [0.2, 0.25) is 0 Å². The van der Waals surface area contributed by atoms with Crippen LogP contribution in [0.4, 0.5) is 8.78 Å². The van der Waals surface area contributed by atoms with Crippen molar-refractivity contribution in [2.24, 2.45) is 5.92 Å². The molecule has 21 heavy (non-hydrogen) atoms. The summed E-state index contributed by atoms with van der Waals surface area (Å²) in [4.78, 5) is 22.4. The van der Waals surface area contributed by atoms with Crippen molar-refractivity contribution in [3.8, 4) is 0 Å². The summed E-state index contributed by atoms with van der Waals surface area (Å²) in [5.41, 5.74) is -0.543. The number of hydrogen-bond acceptors (Lipinski definition) is 5. The van der Waals surface area contributed by atoms with Gasteiger partial charge in [0.25, 0.3) is 5.92 Å². The molecule has 1 heterocycles. The molecule has 108 valence electrons. The molecule has 9 heteroatoms. The van der Waals surface area contributed by atoms with E-state index in [1.807, 2.05) is 0 Å². The van der Waals surface area contributed by atoms with Crippen molar-refractivity contribution < 1.29 is 57.8 Å². The molecule has 6 nitrogen and oxygen atoms in total. The number of carboxylic acid groups (broad SMARTS) is 1. The molecule has 1 aromatic rings. The summed E-state index contributed by atoms with van der Waals surface area (Å²) in [5, 5.41) is 14.3. The van der Waals surface area contributed by atoms with E-state index in [9.17, 15) is 23.5 Å². The number of hydrogen-bond donors (Lipinski definition) is 0. The van der Waals surface area contributed by atoms with Crippen molar-refractivity contribution in [2.45, 2.75) is 31.7 Å². The molecular formula is C12H11F2N2NaO4. The largest absolute Gasteiger partial charge is 1.00 e. The topological polar surface area (TPSA) is 84.2 Å². The number of halogens is 2. The van der Waals surface area contributed by atoms with E-state index in [2.05, 4.69) is 5.10 Å². The smallest absolute Gasteiger partial charge is 0.548 e. The minimum absolute atomic E-state index is 0. The Kier molecular flexibility index (Phi) is 4.16. The SMILES string of the molecule is CCOC(=O)c1nn(CC(=O)[O-])c2c1[C@H]1C[C@H]1C2(F)F.[Na+]. The van der Waals surface area contributed by atoms with E-state index in [1.165, 1.54) is 0 Å². The fourth-order valence-corrected chi connectivity index (χ4v) is 2.86. The molecule has 2 aliphatic carbocycles. The first-order chi connectivity index (χ1) is 9.37. The van der Waals surface area contributed by atoms with Gasteiger partial charge in [0.15, 0.2) is 5.69 Å². The van der Waals surface area contributed by atoms with Gasteiger partial charge in [-0.3, -0.25) is 4.68 Å². The van der Waals surface area contributed by atoms with Gasteiger partial charge in [-0.15, -0.1) is 0 Å². The Balaban J connectivity index is 0.00000161. The van der Waals surface area contributed by atoms with Gasteiger partial charge < -0.3 is 14.6 Å². The molecular weight excluding hydrogens is 297 g/mol. The van der Waals surface area contributed by atoms with Gasteiger partial charge in [0.1, 0.15) is 5.69 Å². The molecule has 2 aliphatic rings. The summed E-state index contributed by atoms with van der Waals surface area (Å²) in [6, 6.07) is 0. The number of nitrogens with zero attached hydrogens (tertiary/aromatic N) is 2. The number of ether oxygens (including phenoxy) is 1. The fraction of sp³-hybridized carbons (Fsp3) is 0.583. The molecule has 0 unspecified atom stereocenters. The van der Waals surface area contributed by atoms with Crippen LogP contribution in [0.15, 0.2) is 0 Å². The van der Waals surface area contributed by atoms with Gasteiger partial charge >= 0.3 is 35.5 Å². The Morgan fingerprint density at radius 3 is 2.76 bits per heavy atom. The molecule has 3 rings (SSSR count).